The van der Waals surface area contributed by atoms with Gasteiger partial charge in [-0.25, -0.2) is 0 Å². The standard InChI is InChI=1S/C17H21NO2/c1-5-20-15-9-8-12(11-14(15)17(2,3)4)13-7-6-10-18-16(13)19/h6-11H,5H2,1-4H3,(H,18,19). The first kappa shape index (κ1) is 14.4. The van der Waals surface area contributed by atoms with E-state index in [0.717, 1.165) is 16.9 Å². The number of aromatic amines is 1. The molecular weight excluding hydrogens is 250 g/mol. The van der Waals surface area contributed by atoms with Gasteiger partial charge in [-0.3, -0.25) is 4.79 Å². The molecule has 0 aliphatic carbocycles. The van der Waals surface area contributed by atoms with Gasteiger partial charge < -0.3 is 9.72 Å². The summed E-state index contributed by atoms with van der Waals surface area (Å²) in [5.74, 6) is 0.885. The third kappa shape index (κ3) is 2.93. The zero-order valence-electron chi connectivity index (χ0n) is 12.5. The molecule has 0 bridgehead atoms. The topological polar surface area (TPSA) is 42.1 Å². The minimum absolute atomic E-state index is 0.0396. The molecule has 1 aromatic heterocycles. The van der Waals surface area contributed by atoms with Gasteiger partial charge in [0.2, 0.25) is 0 Å². The van der Waals surface area contributed by atoms with Crippen molar-refractivity contribution in [2.45, 2.75) is 33.1 Å². The van der Waals surface area contributed by atoms with Gasteiger partial charge in [0.1, 0.15) is 5.75 Å². The van der Waals surface area contributed by atoms with E-state index in [1.165, 1.54) is 0 Å². The summed E-state index contributed by atoms with van der Waals surface area (Å²) in [5.41, 5.74) is 2.60. The van der Waals surface area contributed by atoms with Gasteiger partial charge in [0.05, 0.1) is 6.61 Å². The number of pyridine rings is 1. The second kappa shape index (κ2) is 5.53. The Morgan fingerprint density at radius 1 is 1.20 bits per heavy atom. The Balaban J connectivity index is 2.59. The fourth-order valence-corrected chi connectivity index (χ4v) is 2.21. The van der Waals surface area contributed by atoms with E-state index < -0.39 is 0 Å². The van der Waals surface area contributed by atoms with E-state index in [1.54, 1.807) is 6.20 Å². The molecular formula is C17H21NO2. The predicted molar refractivity (Wildman–Crippen MR) is 82.4 cm³/mol. The van der Waals surface area contributed by atoms with Crippen LogP contribution in [0.3, 0.4) is 0 Å². The van der Waals surface area contributed by atoms with E-state index in [1.807, 2.05) is 31.2 Å². The Kier molecular flexibility index (Phi) is 3.98. The third-order valence-electron chi connectivity index (χ3n) is 3.22. The summed E-state index contributed by atoms with van der Waals surface area (Å²) in [6, 6.07) is 9.61. The molecule has 2 aromatic rings. The van der Waals surface area contributed by atoms with Crippen LogP contribution in [0.25, 0.3) is 11.1 Å². The number of aromatic nitrogens is 1. The van der Waals surface area contributed by atoms with Gasteiger partial charge in [0.15, 0.2) is 0 Å². The molecule has 0 fully saturated rings. The number of rotatable bonds is 3. The Bertz CT molecular complexity index is 651. The van der Waals surface area contributed by atoms with E-state index in [-0.39, 0.29) is 11.0 Å². The van der Waals surface area contributed by atoms with E-state index in [2.05, 4.69) is 31.8 Å². The third-order valence-corrected chi connectivity index (χ3v) is 3.22. The van der Waals surface area contributed by atoms with Crippen LogP contribution in [0.4, 0.5) is 0 Å². The van der Waals surface area contributed by atoms with Gasteiger partial charge in [-0.1, -0.05) is 26.8 Å². The molecule has 0 atom stereocenters. The molecule has 3 heteroatoms. The first-order chi connectivity index (χ1) is 9.43. The van der Waals surface area contributed by atoms with Gasteiger partial charge in [-0.05, 0) is 42.2 Å². The van der Waals surface area contributed by atoms with Crippen molar-refractivity contribution in [2.24, 2.45) is 0 Å². The Morgan fingerprint density at radius 3 is 2.55 bits per heavy atom. The summed E-state index contributed by atoms with van der Waals surface area (Å²) >= 11 is 0. The van der Waals surface area contributed by atoms with Crippen molar-refractivity contribution >= 4 is 0 Å². The molecule has 106 valence electrons. The minimum Gasteiger partial charge on any atom is -0.494 e. The molecule has 0 amide bonds. The highest BCUT2D eigenvalue weighted by molar-refractivity contribution is 5.65. The zero-order chi connectivity index (χ0) is 14.8. The smallest absolute Gasteiger partial charge is 0.255 e. The van der Waals surface area contributed by atoms with Gasteiger partial charge in [0.25, 0.3) is 5.56 Å². The van der Waals surface area contributed by atoms with E-state index >= 15 is 0 Å². The zero-order valence-corrected chi connectivity index (χ0v) is 12.5. The van der Waals surface area contributed by atoms with E-state index in [0.29, 0.717) is 12.2 Å². The van der Waals surface area contributed by atoms with Gasteiger partial charge >= 0.3 is 0 Å². The molecule has 0 unspecified atom stereocenters. The molecule has 0 saturated carbocycles. The fraction of sp³-hybridized carbons (Fsp3) is 0.353. The summed E-state index contributed by atoms with van der Waals surface area (Å²) in [5, 5.41) is 0. The lowest BCUT2D eigenvalue weighted by Gasteiger charge is -2.23. The normalized spacial score (nSPS) is 11.4. The number of hydrogen-bond donors (Lipinski definition) is 1. The first-order valence-corrected chi connectivity index (χ1v) is 6.89. The van der Waals surface area contributed by atoms with Crippen LogP contribution in [0.2, 0.25) is 0 Å². The molecule has 1 heterocycles. The lowest BCUT2D eigenvalue weighted by atomic mass is 9.84. The van der Waals surface area contributed by atoms with Crippen LogP contribution < -0.4 is 10.3 Å². The molecule has 0 saturated heterocycles. The molecule has 0 aliphatic rings. The second-order valence-electron chi connectivity index (χ2n) is 5.81. The van der Waals surface area contributed by atoms with Crippen molar-refractivity contribution in [1.29, 1.82) is 0 Å². The molecule has 2 rings (SSSR count). The lowest BCUT2D eigenvalue weighted by molar-refractivity contribution is 0.330. The van der Waals surface area contributed by atoms with Crippen LogP contribution in [0.5, 0.6) is 5.75 Å². The van der Waals surface area contributed by atoms with Crippen LogP contribution in [0, 0.1) is 0 Å². The minimum atomic E-state index is -0.0727. The van der Waals surface area contributed by atoms with Crippen LogP contribution in [0.15, 0.2) is 41.3 Å². The van der Waals surface area contributed by atoms with Crippen molar-refractivity contribution in [3.05, 3.63) is 52.4 Å². The molecule has 0 aliphatic heterocycles. The maximum Gasteiger partial charge on any atom is 0.255 e. The van der Waals surface area contributed by atoms with Crippen molar-refractivity contribution in [3.63, 3.8) is 0 Å². The average Bonchev–Trinajstić information content (AvgIpc) is 2.39. The Hall–Kier alpha value is -2.03. The first-order valence-electron chi connectivity index (χ1n) is 6.89. The molecule has 1 aromatic carbocycles. The maximum absolute atomic E-state index is 11.9. The lowest BCUT2D eigenvalue weighted by Crippen LogP contribution is -2.14. The number of hydrogen-bond acceptors (Lipinski definition) is 2. The highest BCUT2D eigenvalue weighted by Crippen LogP contribution is 2.34. The van der Waals surface area contributed by atoms with Crippen LogP contribution in [-0.2, 0) is 5.41 Å². The average molecular weight is 271 g/mol. The predicted octanol–water partition coefficient (Wildman–Crippen LogP) is 3.74. The molecule has 3 nitrogen and oxygen atoms in total. The Labute approximate surface area is 119 Å². The molecule has 0 radical (unpaired) electrons. The second-order valence-corrected chi connectivity index (χ2v) is 5.81. The largest absolute Gasteiger partial charge is 0.494 e. The Morgan fingerprint density at radius 2 is 1.95 bits per heavy atom. The number of nitrogens with one attached hydrogen (secondary N) is 1. The molecule has 1 N–H and O–H groups in total. The van der Waals surface area contributed by atoms with Crippen molar-refractivity contribution in [3.8, 4) is 16.9 Å². The summed E-state index contributed by atoms with van der Waals surface area (Å²) in [4.78, 5) is 14.6. The summed E-state index contributed by atoms with van der Waals surface area (Å²) in [7, 11) is 0. The summed E-state index contributed by atoms with van der Waals surface area (Å²) in [6.07, 6.45) is 1.64. The molecule has 0 spiro atoms. The van der Waals surface area contributed by atoms with E-state index in [4.69, 9.17) is 4.74 Å². The number of benzene rings is 1. The van der Waals surface area contributed by atoms with Gasteiger partial charge in [-0.15, -0.1) is 0 Å². The SMILES string of the molecule is CCOc1ccc(-c2ccc[nH]c2=O)cc1C(C)(C)C. The monoisotopic (exact) mass is 271 g/mol. The fourth-order valence-electron chi connectivity index (χ4n) is 2.21. The van der Waals surface area contributed by atoms with Crippen molar-refractivity contribution in [2.75, 3.05) is 6.61 Å². The number of ether oxygens (including phenoxy) is 1. The quantitative estimate of drug-likeness (QED) is 0.924. The summed E-state index contributed by atoms with van der Waals surface area (Å²) in [6.45, 7) is 9.04. The van der Waals surface area contributed by atoms with Gasteiger partial charge in [-0.2, -0.15) is 0 Å². The maximum atomic E-state index is 11.9. The van der Waals surface area contributed by atoms with Gasteiger partial charge in [0, 0.05) is 17.3 Å². The molecule has 20 heavy (non-hydrogen) atoms. The van der Waals surface area contributed by atoms with Crippen LogP contribution >= 0.6 is 0 Å². The highest BCUT2D eigenvalue weighted by atomic mass is 16.5. The van der Waals surface area contributed by atoms with Crippen molar-refractivity contribution < 1.29 is 4.74 Å². The van der Waals surface area contributed by atoms with E-state index in [9.17, 15) is 4.79 Å². The van der Waals surface area contributed by atoms with Crippen LogP contribution in [0.1, 0.15) is 33.3 Å². The van der Waals surface area contributed by atoms with Crippen LogP contribution in [-0.4, -0.2) is 11.6 Å². The highest BCUT2D eigenvalue weighted by Gasteiger charge is 2.20. The summed E-state index contributed by atoms with van der Waals surface area (Å²) < 4.78 is 5.70. The number of H-pyrrole nitrogens is 1. The van der Waals surface area contributed by atoms with Crippen molar-refractivity contribution in [1.82, 2.24) is 4.98 Å².